The third-order valence-electron chi connectivity index (χ3n) is 5.73. The lowest BCUT2D eigenvalue weighted by molar-refractivity contribution is -0.132. The first kappa shape index (κ1) is 21.6. The number of amides is 1. The van der Waals surface area contributed by atoms with Crippen molar-refractivity contribution in [3.63, 3.8) is 0 Å². The van der Waals surface area contributed by atoms with Crippen LogP contribution in [0.4, 0.5) is 5.13 Å². The van der Waals surface area contributed by atoms with E-state index in [1.807, 2.05) is 42.5 Å². The fourth-order valence-electron chi connectivity index (χ4n) is 4.02. The summed E-state index contributed by atoms with van der Waals surface area (Å²) in [4.78, 5) is 32.6. The lowest BCUT2D eigenvalue weighted by atomic mass is 9.95. The third-order valence-corrected chi connectivity index (χ3v) is 7.28. The zero-order valence-electron chi connectivity index (χ0n) is 17.7. The second-order valence-electron chi connectivity index (χ2n) is 7.74. The van der Waals surface area contributed by atoms with E-state index in [-0.39, 0.29) is 11.3 Å². The summed E-state index contributed by atoms with van der Waals surface area (Å²) in [5.74, 6) is -1.62. The highest BCUT2D eigenvalue weighted by atomic mass is 79.9. The first-order valence-electron chi connectivity index (χ1n) is 10.5. The summed E-state index contributed by atoms with van der Waals surface area (Å²) < 4.78 is 1.82. The molecule has 1 saturated heterocycles. The predicted molar refractivity (Wildman–Crippen MR) is 134 cm³/mol. The maximum atomic E-state index is 13.3. The van der Waals surface area contributed by atoms with Gasteiger partial charge in [0.05, 0.1) is 21.8 Å². The van der Waals surface area contributed by atoms with E-state index in [0.29, 0.717) is 16.3 Å². The summed E-state index contributed by atoms with van der Waals surface area (Å²) in [6, 6.07) is 21.4. The van der Waals surface area contributed by atoms with Crippen LogP contribution >= 0.6 is 27.3 Å². The number of halogens is 1. The Hall–Kier alpha value is -3.29. The summed E-state index contributed by atoms with van der Waals surface area (Å²) >= 11 is 4.81. The molecule has 5 nitrogen and oxygen atoms in total. The van der Waals surface area contributed by atoms with Crippen LogP contribution in [-0.4, -0.2) is 21.8 Å². The van der Waals surface area contributed by atoms with Gasteiger partial charge in [0, 0.05) is 10.0 Å². The van der Waals surface area contributed by atoms with Gasteiger partial charge in [0.25, 0.3) is 5.78 Å². The molecular formula is C26H19BrN2O3S. The number of carbonyl (C=O) groups is 2. The smallest absolute Gasteiger partial charge is 0.301 e. The molecular weight excluding hydrogens is 500 g/mol. The molecule has 0 spiro atoms. The third kappa shape index (κ3) is 3.77. The number of aromatic nitrogens is 1. The van der Waals surface area contributed by atoms with Crippen molar-refractivity contribution < 1.29 is 14.7 Å². The van der Waals surface area contributed by atoms with Gasteiger partial charge in [-0.15, -0.1) is 0 Å². The number of rotatable bonds is 4. The number of carbonyl (C=O) groups excluding carboxylic acids is 2. The Morgan fingerprint density at radius 3 is 2.48 bits per heavy atom. The molecule has 1 aliphatic heterocycles. The number of aryl methyl sites for hydroxylation is 1. The van der Waals surface area contributed by atoms with E-state index in [1.54, 1.807) is 24.3 Å². The lowest BCUT2D eigenvalue weighted by Gasteiger charge is -2.23. The Bertz CT molecular complexity index is 1410. The van der Waals surface area contributed by atoms with Gasteiger partial charge in [0.2, 0.25) is 0 Å². The van der Waals surface area contributed by atoms with Gasteiger partial charge in [0.1, 0.15) is 5.76 Å². The van der Waals surface area contributed by atoms with Crippen molar-refractivity contribution in [3.8, 4) is 0 Å². The number of fused-ring (bicyclic) bond motifs is 1. The Labute approximate surface area is 203 Å². The van der Waals surface area contributed by atoms with Crippen molar-refractivity contribution in [2.24, 2.45) is 0 Å². The topological polar surface area (TPSA) is 70.5 Å². The number of benzene rings is 3. The molecule has 1 aromatic heterocycles. The summed E-state index contributed by atoms with van der Waals surface area (Å²) in [7, 11) is 0. The Balaban J connectivity index is 1.72. The Morgan fingerprint density at radius 1 is 1.06 bits per heavy atom. The van der Waals surface area contributed by atoms with Gasteiger partial charge in [-0.3, -0.25) is 14.5 Å². The number of aliphatic hydroxyl groups is 1. The van der Waals surface area contributed by atoms with E-state index in [2.05, 4.69) is 33.9 Å². The molecule has 164 valence electrons. The van der Waals surface area contributed by atoms with Crippen LogP contribution in [0.2, 0.25) is 0 Å². The molecule has 3 aromatic carbocycles. The Kier molecular flexibility index (Phi) is 5.60. The van der Waals surface area contributed by atoms with E-state index < -0.39 is 17.7 Å². The van der Waals surface area contributed by atoms with Crippen molar-refractivity contribution in [2.75, 3.05) is 4.90 Å². The van der Waals surface area contributed by atoms with Crippen molar-refractivity contribution in [1.29, 1.82) is 0 Å². The van der Waals surface area contributed by atoms with Crippen molar-refractivity contribution in [3.05, 3.63) is 99.5 Å². The number of hydrogen-bond acceptors (Lipinski definition) is 5. The monoisotopic (exact) mass is 518 g/mol. The van der Waals surface area contributed by atoms with Crippen LogP contribution in [0.5, 0.6) is 0 Å². The zero-order chi connectivity index (χ0) is 23.1. The molecule has 4 aromatic rings. The molecule has 1 atom stereocenters. The van der Waals surface area contributed by atoms with Crippen LogP contribution in [0.1, 0.15) is 29.7 Å². The maximum Gasteiger partial charge on any atom is 0.301 e. The molecule has 1 fully saturated rings. The predicted octanol–water partition coefficient (Wildman–Crippen LogP) is 6.25. The first-order chi connectivity index (χ1) is 16.0. The summed E-state index contributed by atoms with van der Waals surface area (Å²) in [6.07, 6.45) is 0.893. The quantitative estimate of drug-likeness (QED) is 0.197. The van der Waals surface area contributed by atoms with Gasteiger partial charge in [-0.1, -0.05) is 82.7 Å². The van der Waals surface area contributed by atoms with Crippen LogP contribution in [0.25, 0.3) is 16.0 Å². The van der Waals surface area contributed by atoms with Crippen LogP contribution in [0, 0.1) is 0 Å². The molecule has 0 bridgehead atoms. The van der Waals surface area contributed by atoms with E-state index >= 15 is 0 Å². The molecule has 7 heteroatoms. The number of aliphatic hydroxyl groups excluding tert-OH is 1. The molecule has 0 radical (unpaired) electrons. The summed E-state index contributed by atoms with van der Waals surface area (Å²) in [6.45, 7) is 2.08. The molecule has 1 aliphatic rings. The Morgan fingerprint density at radius 2 is 1.79 bits per heavy atom. The molecule has 0 saturated carbocycles. The standard InChI is InChI=1S/C26H19BrN2O3S/c1-2-15-8-13-19-20(14-15)33-26(28-19)29-22(16-9-11-18(27)12-10-16)21(24(31)25(29)32)23(30)17-6-4-3-5-7-17/h3-14,22,30H,2H2,1H3/t22-/m1/s1. The van der Waals surface area contributed by atoms with Gasteiger partial charge >= 0.3 is 5.91 Å². The molecule has 0 unspecified atom stereocenters. The lowest BCUT2D eigenvalue weighted by Crippen LogP contribution is -2.29. The van der Waals surface area contributed by atoms with Gasteiger partial charge in [0.15, 0.2) is 5.13 Å². The maximum absolute atomic E-state index is 13.3. The normalized spacial score (nSPS) is 17.8. The number of anilines is 1. The summed E-state index contributed by atoms with van der Waals surface area (Å²) in [5, 5.41) is 11.6. The molecule has 33 heavy (non-hydrogen) atoms. The number of ketones is 1. The number of thiazole rings is 1. The second kappa shape index (κ2) is 8.57. The van der Waals surface area contributed by atoms with Crippen LogP contribution in [-0.2, 0) is 16.0 Å². The van der Waals surface area contributed by atoms with Gasteiger partial charge in [-0.25, -0.2) is 4.98 Å². The molecule has 1 amide bonds. The minimum absolute atomic E-state index is 0.0574. The fourth-order valence-corrected chi connectivity index (χ4v) is 5.34. The van der Waals surface area contributed by atoms with E-state index in [0.717, 1.165) is 21.1 Å². The second-order valence-corrected chi connectivity index (χ2v) is 9.66. The molecule has 1 N–H and O–H groups in total. The van der Waals surface area contributed by atoms with Gasteiger partial charge in [-0.2, -0.15) is 0 Å². The highest BCUT2D eigenvalue weighted by molar-refractivity contribution is 9.10. The van der Waals surface area contributed by atoms with Gasteiger partial charge < -0.3 is 5.11 Å². The highest BCUT2D eigenvalue weighted by Crippen LogP contribution is 2.44. The van der Waals surface area contributed by atoms with E-state index in [9.17, 15) is 14.7 Å². The number of nitrogens with zero attached hydrogens (tertiary/aromatic N) is 2. The van der Waals surface area contributed by atoms with Crippen molar-refractivity contribution in [1.82, 2.24) is 4.98 Å². The largest absolute Gasteiger partial charge is 0.507 e. The van der Waals surface area contributed by atoms with E-state index in [4.69, 9.17) is 0 Å². The van der Waals surface area contributed by atoms with E-state index in [1.165, 1.54) is 21.8 Å². The molecule has 0 aliphatic carbocycles. The van der Waals surface area contributed by atoms with Crippen LogP contribution in [0.15, 0.2) is 82.8 Å². The minimum Gasteiger partial charge on any atom is -0.507 e. The minimum atomic E-state index is -0.787. The molecule has 5 rings (SSSR count). The number of hydrogen-bond donors (Lipinski definition) is 1. The highest BCUT2D eigenvalue weighted by Gasteiger charge is 2.48. The number of Topliss-reactive ketones (excluding diaryl/α,β-unsaturated/α-hetero) is 1. The summed E-state index contributed by atoms with van der Waals surface area (Å²) in [5.41, 5.74) is 3.19. The fraction of sp³-hybridized carbons (Fsp3) is 0.115. The van der Waals surface area contributed by atoms with Crippen molar-refractivity contribution in [2.45, 2.75) is 19.4 Å². The molecule has 2 heterocycles. The van der Waals surface area contributed by atoms with Crippen molar-refractivity contribution >= 4 is 60.1 Å². The first-order valence-corrected chi connectivity index (χ1v) is 12.1. The van der Waals surface area contributed by atoms with Crippen LogP contribution in [0.3, 0.4) is 0 Å². The SMILES string of the molecule is CCc1ccc2nc(N3C(=O)C(=O)C(=C(O)c4ccccc4)[C@H]3c3ccc(Br)cc3)sc2c1. The average Bonchev–Trinajstić information content (AvgIpc) is 3.37. The van der Waals surface area contributed by atoms with Crippen LogP contribution < -0.4 is 4.90 Å². The van der Waals surface area contributed by atoms with Gasteiger partial charge in [-0.05, 0) is 41.8 Å². The zero-order valence-corrected chi connectivity index (χ0v) is 20.1. The average molecular weight is 519 g/mol.